The van der Waals surface area contributed by atoms with Crippen LogP contribution in [-0.4, -0.2) is 54.1 Å². The van der Waals surface area contributed by atoms with Crippen molar-refractivity contribution in [2.75, 3.05) is 14.2 Å². The minimum absolute atomic E-state index is 0.0420. The van der Waals surface area contributed by atoms with Crippen LogP contribution < -0.4 is 19.1 Å². The van der Waals surface area contributed by atoms with Crippen molar-refractivity contribution in [1.82, 2.24) is 30.0 Å². The van der Waals surface area contributed by atoms with Gasteiger partial charge in [0.15, 0.2) is 16.7 Å². The quantitative estimate of drug-likeness (QED) is 0.0838. The molecule has 16 nitrogen and oxygen atoms in total. The van der Waals surface area contributed by atoms with Gasteiger partial charge in [-0.25, -0.2) is 0 Å². The Balaban J connectivity index is 1.20. The maximum Gasteiger partial charge on any atom is 0.340 e. The van der Waals surface area contributed by atoms with Gasteiger partial charge in [0.1, 0.15) is 5.69 Å². The summed E-state index contributed by atoms with van der Waals surface area (Å²) in [6, 6.07) is 42.4. The number of nitro benzene ring substituents is 2. The van der Waals surface area contributed by atoms with Gasteiger partial charge < -0.3 is 9.47 Å². The van der Waals surface area contributed by atoms with Crippen LogP contribution in [0.5, 0.6) is 11.5 Å². The van der Waals surface area contributed by atoms with Gasteiger partial charge in [-0.15, -0.1) is 4.68 Å². The second-order valence-corrected chi connectivity index (χ2v) is 12.3. The van der Waals surface area contributed by atoms with Crippen molar-refractivity contribution >= 4 is 11.4 Å². The molecular weight excluding hydrogens is 717 g/mol. The monoisotopic (exact) mass is 746 g/mol. The van der Waals surface area contributed by atoms with Gasteiger partial charge in [0.05, 0.1) is 51.1 Å². The lowest BCUT2D eigenvalue weighted by Gasteiger charge is -2.11. The van der Waals surface area contributed by atoms with Gasteiger partial charge in [-0.3, -0.25) is 20.2 Å². The minimum Gasteiger partial charge on any atom is -0.492 e. The molecule has 56 heavy (non-hydrogen) atoms. The highest BCUT2D eigenvalue weighted by molar-refractivity contribution is 5.70. The molecule has 0 fully saturated rings. The molecule has 0 aliphatic rings. The Morgan fingerprint density at radius 3 is 1.59 bits per heavy atom. The lowest BCUT2D eigenvalue weighted by Crippen LogP contribution is -2.43. The number of benzene rings is 6. The van der Waals surface area contributed by atoms with E-state index in [1.165, 1.54) is 24.3 Å². The first-order valence-electron chi connectivity index (χ1n) is 17.1. The van der Waals surface area contributed by atoms with Gasteiger partial charge >= 0.3 is 11.6 Å². The average molecular weight is 747 g/mol. The molecule has 16 heteroatoms. The molecule has 0 bridgehead atoms. The summed E-state index contributed by atoms with van der Waals surface area (Å²) in [6.45, 7) is 0. The van der Waals surface area contributed by atoms with Crippen LogP contribution in [0.3, 0.4) is 0 Å². The van der Waals surface area contributed by atoms with Crippen LogP contribution in [0.1, 0.15) is 0 Å². The smallest absolute Gasteiger partial charge is 0.340 e. The molecule has 8 rings (SSSR count). The topological polar surface area (TPSA) is 174 Å². The average Bonchev–Trinajstić information content (AvgIpc) is 3.90. The van der Waals surface area contributed by atoms with Crippen LogP contribution in [0, 0.1) is 20.2 Å². The van der Waals surface area contributed by atoms with Gasteiger partial charge in [-0.2, -0.15) is 0 Å². The van der Waals surface area contributed by atoms with E-state index in [1.54, 1.807) is 57.6 Å². The van der Waals surface area contributed by atoms with E-state index in [0.717, 1.165) is 22.3 Å². The van der Waals surface area contributed by atoms with E-state index in [9.17, 15) is 20.2 Å². The highest BCUT2D eigenvalue weighted by Gasteiger charge is 2.29. The molecule has 0 saturated heterocycles. The zero-order valence-electron chi connectivity index (χ0n) is 29.8. The lowest BCUT2D eigenvalue weighted by atomic mass is 10.0. The molecule has 0 aliphatic carbocycles. The molecular formula is C40H30N10O6+2. The zero-order chi connectivity index (χ0) is 38.8. The summed E-state index contributed by atoms with van der Waals surface area (Å²) >= 11 is 0. The number of non-ortho nitro benzene ring substituents is 2. The maximum atomic E-state index is 11.4. The fraction of sp³-hybridized carbons (Fsp3) is 0.0500. The van der Waals surface area contributed by atoms with Crippen molar-refractivity contribution in [3.63, 3.8) is 0 Å². The van der Waals surface area contributed by atoms with Crippen molar-refractivity contribution < 1.29 is 28.9 Å². The Morgan fingerprint density at radius 1 is 0.571 bits per heavy atom. The predicted molar refractivity (Wildman–Crippen MR) is 202 cm³/mol. The van der Waals surface area contributed by atoms with Gasteiger partial charge in [0.2, 0.25) is 11.4 Å². The fourth-order valence-electron chi connectivity index (χ4n) is 6.19. The molecule has 0 atom stereocenters. The Morgan fingerprint density at radius 2 is 1.07 bits per heavy atom. The summed E-state index contributed by atoms with van der Waals surface area (Å²) in [4.78, 5) is 26.6. The molecule has 274 valence electrons. The number of tetrazole rings is 2. The highest BCUT2D eigenvalue weighted by Crippen LogP contribution is 2.32. The number of nitrogens with zero attached hydrogens (tertiary/aromatic N) is 10. The molecule has 0 amide bonds. The third-order valence-electron chi connectivity index (χ3n) is 8.96. The molecule has 8 aromatic rings. The predicted octanol–water partition coefficient (Wildman–Crippen LogP) is 6.24. The van der Waals surface area contributed by atoms with Gasteiger partial charge in [0.25, 0.3) is 11.4 Å². The number of nitro groups is 2. The van der Waals surface area contributed by atoms with Crippen molar-refractivity contribution in [2.45, 2.75) is 0 Å². The summed E-state index contributed by atoms with van der Waals surface area (Å²) in [7, 11) is 3.12. The van der Waals surface area contributed by atoms with E-state index in [1.807, 2.05) is 97.1 Å². The second-order valence-electron chi connectivity index (χ2n) is 12.3. The van der Waals surface area contributed by atoms with Crippen LogP contribution >= 0.6 is 0 Å². The number of methoxy groups -OCH3 is 2. The van der Waals surface area contributed by atoms with Crippen LogP contribution in [0.15, 0.2) is 146 Å². The largest absolute Gasteiger partial charge is 0.492 e. The third kappa shape index (κ3) is 6.53. The van der Waals surface area contributed by atoms with Crippen molar-refractivity contribution in [3.05, 3.63) is 166 Å². The Kier molecular flexibility index (Phi) is 9.17. The Hall–Kier alpha value is -8.14. The molecule has 0 spiro atoms. The van der Waals surface area contributed by atoms with Crippen LogP contribution in [0.2, 0.25) is 0 Å². The van der Waals surface area contributed by atoms with Gasteiger partial charge in [0, 0.05) is 29.1 Å². The number of rotatable bonds is 11. The molecule has 0 radical (unpaired) electrons. The summed E-state index contributed by atoms with van der Waals surface area (Å²) in [6.07, 6.45) is 0. The first-order valence-corrected chi connectivity index (χ1v) is 17.1. The van der Waals surface area contributed by atoms with E-state index in [0.29, 0.717) is 45.9 Å². The molecule has 0 saturated carbocycles. The standard InChI is InChI=1S/C40H30N10O6/c1-55-37-25-29(13-23-35(37)47-43-39(27-9-5-3-6-10-27)42-46(47)32-17-21-34(22-18-32)50(53)54)30-14-24-36(38(26-30)56-2)48-44-41-40(28-11-7-4-8-12-28)45(48)31-15-19-33(20-16-31)49(51)52/h3-26H,1-2H3/q+2. The molecule has 6 aromatic carbocycles. The van der Waals surface area contributed by atoms with Crippen molar-refractivity contribution in [2.24, 2.45) is 0 Å². The number of aromatic nitrogens is 8. The number of hydrogen-bond donors (Lipinski definition) is 0. The SMILES string of the molecule is COc1cc(-c2ccc(-[n+]3nnc(-c4ccccc4)n3-c3ccc([N+](=O)[O-])cc3)c(OC)c2)ccc1-[n+]1nc(-c2ccccc2)nn1-c1ccc([N+](=O)[O-])cc1. The van der Waals surface area contributed by atoms with E-state index in [4.69, 9.17) is 19.7 Å². The fourth-order valence-corrected chi connectivity index (χ4v) is 6.19. The minimum atomic E-state index is -0.456. The molecule has 0 N–H and O–H groups in total. The van der Waals surface area contributed by atoms with E-state index >= 15 is 0 Å². The maximum absolute atomic E-state index is 11.4. The highest BCUT2D eigenvalue weighted by atomic mass is 16.6. The van der Waals surface area contributed by atoms with Crippen LogP contribution in [0.4, 0.5) is 11.4 Å². The summed E-state index contributed by atoms with van der Waals surface area (Å²) < 4.78 is 13.6. The molecule has 2 aromatic heterocycles. The van der Waals surface area contributed by atoms with E-state index < -0.39 is 9.85 Å². The number of ether oxygens (including phenoxy) is 2. The third-order valence-corrected chi connectivity index (χ3v) is 8.96. The normalized spacial score (nSPS) is 11.0. The summed E-state index contributed by atoms with van der Waals surface area (Å²) in [5.41, 5.74) is 5.35. The molecule has 0 aliphatic heterocycles. The van der Waals surface area contributed by atoms with Crippen LogP contribution in [-0.2, 0) is 0 Å². The molecule has 0 unspecified atom stereocenters. The summed E-state index contributed by atoms with van der Waals surface area (Å²) in [5, 5.41) is 41.4. The van der Waals surface area contributed by atoms with E-state index in [-0.39, 0.29) is 11.4 Å². The second kappa shape index (κ2) is 14.7. The zero-order valence-corrected chi connectivity index (χ0v) is 29.8. The molecule has 2 heterocycles. The first kappa shape index (κ1) is 34.9. The van der Waals surface area contributed by atoms with Crippen molar-refractivity contribution in [1.29, 1.82) is 0 Å². The summed E-state index contributed by atoms with van der Waals surface area (Å²) in [5.74, 6) is 1.90. The van der Waals surface area contributed by atoms with Gasteiger partial charge in [-0.05, 0) is 111 Å². The lowest BCUT2D eigenvalue weighted by molar-refractivity contribution is -0.734. The Bertz CT molecular complexity index is 2670. The Labute approximate surface area is 317 Å². The van der Waals surface area contributed by atoms with Crippen molar-refractivity contribution in [3.8, 4) is 68.2 Å². The number of hydrogen-bond acceptors (Lipinski definition) is 10. The van der Waals surface area contributed by atoms with Crippen LogP contribution in [0.25, 0.3) is 56.7 Å². The first-order chi connectivity index (χ1) is 27.3. The van der Waals surface area contributed by atoms with Gasteiger partial charge in [-0.1, -0.05) is 36.4 Å². The van der Waals surface area contributed by atoms with E-state index in [2.05, 4.69) is 10.3 Å².